The van der Waals surface area contributed by atoms with Crippen molar-refractivity contribution >= 4 is 28.0 Å². The highest BCUT2D eigenvalue weighted by Gasteiger charge is 2.21. The van der Waals surface area contributed by atoms with E-state index in [0.29, 0.717) is 17.1 Å². The van der Waals surface area contributed by atoms with Gasteiger partial charge in [-0.05, 0) is 55.1 Å². The predicted octanol–water partition coefficient (Wildman–Crippen LogP) is 3.57. The molecule has 0 spiro atoms. The molecule has 29 heavy (non-hydrogen) atoms. The van der Waals surface area contributed by atoms with Crippen molar-refractivity contribution in [3.8, 4) is 0 Å². The van der Waals surface area contributed by atoms with Gasteiger partial charge >= 0.3 is 0 Å². The summed E-state index contributed by atoms with van der Waals surface area (Å²) in [6.07, 6.45) is 2.41. The predicted molar refractivity (Wildman–Crippen MR) is 115 cm³/mol. The summed E-state index contributed by atoms with van der Waals surface area (Å²) >= 11 is 6.06. The Kier molecular flexibility index (Phi) is 8.32. The van der Waals surface area contributed by atoms with Crippen LogP contribution in [0.25, 0.3) is 0 Å². The average molecular weight is 439 g/mol. The fraction of sp³-hybridized carbons (Fsp3) is 0.429. The van der Waals surface area contributed by atoms with Crippen LogP contribution in [0.3, 0.4) is 0 Å². The lowest BCUT2D eigenvalue weighted by Crippen LogP contribution is -2.28. The minimum Gasteiger partial charge on any atom is -0.388 e. The highest BCUT2D eigenvalue weighted by Crippen LogP contribution is 2.32. The molecule has 2 aromatic rings. The van der Waals surface area contributed by atoms with Crippen LogP contribution in [-0.4, -0.2) is 41.5 Å². The van der Waals surface area contributed by atoms with Crippen molar-refractivity contribution < 1.29 is 17.9 Å². The number of nitrogens with one attached hydrogen (secondary N) is 2. The smallest absolute Gasteiger partial charge is 0.168 e. The summed E-state index contributed by atoms with van der Waals surface area (Å²) in [6, 6.07) is 12.6. The van der Waals surface area contributed by atoms with Crippen molar-refractivity contribution in [3.63, 3.8) is 0 Å². The lowest BCUT2D eigenvalue weighted by Gasteiger charge is -2.25. The number of anilines is 1. The summed E-state index contributed by atoms with van der Waals surface area (Å²) in [5.74, 6) is 0. The van der Waals surface area contributed by atoms with E-state index in [1.165, 1.54) is 6.07 Å². The van der Waals surface area contributed by atoms with E-state index in [0.717, 1.165) is 43.7 Å². The molecule has 2 aromatic carbocycles. The van der Waals surface area contributed by atoms with Crippen LogP contribution in [0.15, 0.2) is 47.4 Å². The van der Waals surface area contributed by atoms with Gasteiger partial charge in [0.25, 0.3) is 0 Å². The third kappa shape index (κ3) is 5.93. The highest BCUT2D eigenvalue weighted by molar-refractivity contribution is 7.72. The van der Waals surface area contributed by atoms with Crippen molar-refractivity contribution in [3.05, 3.63) is 58.6 Å². The first-order valence-electron chi connectivity index (χ1n) is 9.77. The minimum absolute atomic E-state index is 0.157. The maximum Gasteiger partial charge on any atom is 0.168 e. The summed E-state index contributed by atoms with van der Waals surface area (Å²) in [5.41, 5.74) is 2.59. The molecule has 1 saturated heterocycles. The van der Waals surface area contributed by atoms with Crippen molar-refractivity contribution in [2.24, 2.45) is 0 Å². The Morgan fingerprint density at radius 3 is 2.62 bits per heavy atom. The molecule has 8 heteroatoms. The Balaban J connectivity index is 1.83. The number of halogens is 1. The third-order valence-electron chi connectivity index (χ3n) is 4.90. The van der Waals surface area contributed by atoms with Crippen molar-refractivity contribution in [1.82, 2.24) is 5.32 Å². The molecule has 3 rings (SSSR count). The van der Waals surface area contributed by atoms with E-state index >= 15 is 0 Å². The number of benzene rings is 2. The van der Waals surface area contributed by atoms with Crippen LogP contribution in [0.5, 0.6) is 0 Å². The topological polar surface area (TPSA) is 76.7 Å². The van der Waals surface area contributed by atoms with Crippen LogP contribution in [0.1, 0.15) is 36.4 Å². The number of rotatable bonds is 9. The molecule has 1 heterocycles. The molecule has 2 N–H and O–H groups in total. The van der Waals surface area contributed by atoms with Crippen molar-refractivity contribution in [2.45, 2.75) is 36.5 Å². The molecule has 0 aromatic heterocycles. The van der Waals surface area contributed by atoms with Gasteiger partial charge in [0.1, 0.15) is 0 Å². The summed E-state index contributed by atoms with van der Waals surface area (Å²) < 4.78 is 35.0. The largest absolute Gasteiger partial charge is 0.388 e. The van der Waals surface area contributed by atoms with Gasteiger partial charge in [0.05, 0.1) is 24.2 Å². The summed E-state index contributed by atoms with van der Waals surface area (Å²) in [5, 5.41) is 7.11. The first kappa shape index (κ1) is 22.1. The molecule has 158 valence electrons. The van der Waals surface area contributed by atoms with Gasteiger partial charge in [0, 0.05) is 17.8 Å². The molecule has 1 aliphatic heterocycles. The van der Waals surface area contributed by atoms with E-state index in [-0.39, 0.29) is 17.2 Å². The van der Waals surface area contributed by atoms with Gasteiger partial charge in [-0.1, -0.05) is 35.9 Å². The maximum atomic E-state index is 11.9. The van der Waals surface area contributed by atoms with Crippen LogP contribution in [0.2, 0.25) is 5.02 Å². The fourth-order valence-corrected chi connectivity index (χ4v) is 4.41. The fourth-order valence-electron chi connectivity index (χ4n) is 3.50. The van der Waals surface area contributed by atoms with E-state index < -0.39 is 10.7 Å². The second-order valence-electron chi connectivity index (χ2n) is 6.85. The number of hydrogen-bond donors (Lipinski definition) is 3. The van der Waals surface area contributed by atoms with Gasteiger partial charge in [-0.3, -0.25) is 0 Å². The number of para-hydroxylation sites is 1. The zero-order chi connectivity index (χ0) is 20.6. The molecule has 6 nitrogen and oxygen atoms in total. The summed E-state index contributed by atoms with van der Waals surface area (Å²) in [7, 11) is -0.931. The quantitative estimate of drug-likeness (QED) is 0.410. The second-order valence-corrected chi connectivity index (χ2v) is 8.28. The van der Waals surface area contributed by atoms with E-state index in [2.05, 4.69) is 10.6 Å². The standard InChI is InChI=1S/C21H27ClN2O4S/c1-23-18-7-3-2-6-16(18)21(17-10-9-15(22)14-19(17)29(25)26)24-11-4-8-20-27-12-5-13-28-20/h2-3,6-7,9-10,14,20-21,23-24,29H,4-5,8,11-13H2,1H3. The molecule has 0 saturated carbocycles. The molecule has 1 aliphatic rings. The van der Waals surface area contributed by atoms with Crippen LogP contribution in [-0.2, 0) is 20.2 Å². The Bertz CT molecular complexity index is 877. The van der Waals surface area contributed by atoms with Crippen LogP contribution < -0.4 is 10.6 Å². The zero-order valence-corrected chi connectivity index (χ0v) is 18.0. The molecule has 1 fully saturated rings. The SMILES string of the molecule is CNc1ccccc1C(NCCCC1OCCCO1)c1ccc(Cl)cc1[SH](=O)=O. The Morgan fingerprint density at radius 2 is 1.90 bits per heavy atom. The molecular weight excluding hydrogens is 412 g/mol. The lowest BCUT2D eigenvalue weighted by molar-refractivity contribution is -0.181. The average Bonchev–Trinajstić information content (AvgIpc) is 2.75. The molecule has 1 unspecified atom stereocenters. The molecule has 0 bridgehead atoms. The van der Waals surface area contributed by atoms with E-state index in [9.17, 15) is 8.42 Å². The Labute approximate surface area is 178 Å². The van der Waals surface area contributed by atoms with Gasteiger partial charge in [0.15, 0.2) is 17.0 Å². The third-order valence-corrected chi connectivity index (χ3v) is 5.92. The Morgan fingerprint density at radius 1 is 1.14 bits per heavy atom. The maximum absolute atomic E-state index is 11.9. The van der Waals surface area contributed by atoms with Crippen LogP contribution in [0.4, 0.5) is 5.69 Å². The second kappa shape index (κ2) is 10.9. The van der Waals surface area contributed by atoms with Gasteiger partial charge in [-0.2, -0.15) is 0 Å². The van der Waals surface area contributed by atoms with Crippen LogP contribution in [0, 0.1) is 0 Å². The number of ether oxygens (including phenoxy) is 2. The number of hydrogen-bond acceptors (Lipinski definition) is 6. The van der Waals surface area contributed by atoms with Crippen LogP contribution >= 0.6 is 11.6 Å². The number of thiol groups is 1. The zero-order valence-electron chi connectivity index (χ0n) is 16.4. The molecule has 0 amide bonds. The van der Waals surface area contributed by atoms with E-state index in [4.69, 9.17) is 21.1 Å². The summed E-state index contributed by atoms with van der Waals surface area (Å²) in [4.78, 5) is 0.231. The van der Waals surface area contributed by atoms with Gasteiger partial charge < -0.3 is 20.1 Å². The molecule has 0 aliphatic carbocycles. The van der Waals surface area contributed by atoms with Gasteiger partial charge in [0.2, 0.25) is 0 Å². The lowest BCUT2D eigenvalue weighted by atomic mass is 9.96. The normalized spacial score (nSPS) is 16.1. The first-order chi connectivity index (χ1) is 14.1. The Hall–Kier alpha value is -1.64. The van der Waals surface area contributed by atoms with E-state index in [1.807, 2.05) is 31.3 Å². The van der Waals surface area contributed by atoms with Crippen molar-refractivity contribution in [2.75, 3.05) is 32.1 Å². The molecule has 0 radical (unpaired) electrons. The van der Waals surface area contributed by atoms with Crippen molar-refractivity contribution in [1.29, 1.82) is 0 Å². The van der Waals surface area contributed by atoms with Gasteiger partial charge in [-0.25, -0.2) is 8.42 Å². The molecular formula is C21H27ClN2O4S. The van der Waals surface area contributed by atoms with Gasteiger partial charge in [-0.15, -0.1) is 0 Å². The minimum atomic E-state index is -2.78. The monoisotopic (exact) mass is 438 g/mol. The highest BCUT2D eigenvalue weighted by atomic mass is 35.5. The first-order valence-corrected chi connectivity index (χ1v) is 11.3. The molecule has 1 atom stereocenters. The van der Waals surface area contributed by atoms with E-state index in [1.54, 1.807) is 12.1 Å². The summed E-state index contributed by atoms with van der Waals surface area (Å²) in [6.45, 7) is 2.16.